The molecule has 0 atom stereocenters. The Morgan fingerprint density at radius 3 is 2.64 bits per heavy atom. The molecule has 0 aliphatic rings. The van der Waals surface area contributed by atoms with Gasteiger partial charge in [-0.15, -0.1) is 0 Å². The first-order valence-electron chi connectivity index (χ1n) is 7.40. The summed E-state index contributed by atoms with van der Waals surface area (Å²) in [5, 5.41) is 11.2. The molecule has 0 saturated heterocycles. The standard InChI is InChI=1S/C17H12ClFN6/c18-10-6-4-9(5-7-10)15-22-14(20)13-16(24-25-17(13)23-15)21-12-3-1-2-11(19)8-12/h1-8H,(H4,20,21,22,23,24,25). The summed E-state index contributed by atoms with van der Waals surface area (Å²) in [6, 6.07) is 13.2. The topological polar surface area (TPSA) is 92.5 Å². The highest BCUT2D eigenvalue weighted by Gasteiger charge is 2.14. The van der Waals surface area contributed by atoms with Crippen LogP contribution in [0.3, 0.4) is 0 Å². The first kappa shape index (κ1) is 15.3. The average molecular weight is 355 g/mol. The van der Waals surface area contributed by atoms with Gasteiger partial charge in [0.2, 0.25) is 0 Å². The molecule has 0 radical (unpaired) electrons. The number of nitrogens with zero attached hydrogens (tertiary/aromatic N) is 3. The summed E-state index contributed by atoms with van der Waals surface area (Å²) in [4.78, 5) is 8.77. The Hall–Kier alpha value is -3.19. The van der Waals surface area contributed by atoms with Gasteiger partial charge in [0.25, 0.3) is 0 Å². The average Bonchev–Trinajstić information content (AvgIpc) is 2.99. The Kier molecular flexibility index (Phi) is 3.70. The molecule has 0 aliphatic heterocycles. The highest BCUT2D eigenvalue weighted by Crippen LogP contribution is 2.29. The lowest BCUT2D eigenvalue weighted by molar-refractivity contribution is 0.628. The zero-order chi connectivity index (χ0) is 17.4. The van der Waals surface area contributed by atoms with Crippen LogP contribution in [0.2, 0.25) is 5.02 Å². The van der Waals surface area contributed by atoms with Crippen molar-refractivity contribution in [3.8, 4) is 11.4 Å². The van der Waals surface area contributed by atoms with Crippen LogP contribution >= 0.6 is 11.6 Å². The SMILES string of the molecule is Nc1nc(-c2ccc(Cl)cc2)nc2n[nH]c(Nc3cccc(F)c3)c12. The van der Waals surface area contributed by atoms with E-state index in [-0.39, 0.29) is 11.6 Å². The van der Waals surface area contributed by atoms with Crippen LogP contribution in [0, 0.1) is 5.82 Å². The number of fused-ring (bicyclic) bond motifs is 1. The number of hydrogen-bond donors (Lipinski definition) is 3. The molecule has 4 N–H and O–H groups in total. The van der Waals surface area contributed by atoms with Crippen molar-refractivity contribution in [2.24, 2.45) is 0 Å². The molecule has 4 aromatic rings. The molecule has 0 unspecified atom stereocenters. The van der Waals surface area contributed by atoms with E-state index in [2.05, 4.69) is 25.5 Å². The van der Waals surface area contributed by atoms with Crippen LogP contribution < -0.4 is 11.1 Å². The molecule has 2 heterocycles. The first-order chi connectivity index (χ1) is 12.1. The zero-order valence-corrected chi connectivity index (χ0v) is 13.5. The van der Waals surface area contributed by atoms with Crippen molar-refractivity contribution in [2.75, 3.05) is 11.1 Å². The Balaban J connectivity index is 1.75. The molecule has 0 aliphatic carbocycles. The molecule has 0 spiro atoms. The van der Waals surface area contributed by atoms with Crippen LogP contribution in [-0.4, -0.2) is 20.2 Å². The van der Waals surface area contributed by atoms with Crippen LogP contribution in [0.1, 0.15) is 0 Å². The predicted octanol–water partition coefficient (Wildman–Crippen LogP) is 4.14. The minimum atomic E-state index is -0.344. The normalized spacial score (nSPS) is 11.0. The fraction of sp³-hybridized carbons (Fsp3) is 0. The van der Waals surface area contributed by atoms with Gasteiger partial charge in [-0.25, -0.2) is 14.4 Å². The lowest BCUT2D eigenvalue weighted by Crippen LogP contribution is -1.99. The molecule has 124 valence electrons. The number of halogens is 2. The van der Waals surface area contributed by atoms with Crippen molar-refractivity contribution in [1.82, 2.24) is 20.2 Å². The molecule has 0 saturated carbocycles. The number of aromatic amines is 1. The van der Waals surface area contributed by atoms with E-state index in [0.717, 1.165) is 5.56 Å². The molecule has 8 heteroatoms. The van der Waals surface area contributed by atoms with Gasteiger partial charge in [0.15, 0.2) is 11.5 Å². The first-order valence-corrected chi connectivity index (χ1v) is 7.78. The van der Waals surface area contributed by atoms with E-state index in [4.69, 9.17) is 17.3 Å². The molecule has 2 aromatic carbocycles. The molecule has 6 nitrogen and oxygen atoms in total. The summed E-state index contributed by atoms with van der Waals surface area (Å²) in [5.41, 5.74) is 7.86. The number of aromatic nitrogens is 4. The maximum atomic E-state index is 13.3. The number of benzene rings is 2. The second-order valence-corrected chi connectivity index (χ2v) is 5.81. The van der Waals surface area contributed by atoms with Gasteiger partial charge in [-0.05, 0) is 42.5 Å². The third-order valence-corrected chi connectivity index (χ3v) is 3.89. The molecular weight excluding hydrogens is 343 g/mol. The minimum absolute atomic E-state index is 0.266. The molecule has 2 aromatic heterocycles. The summed E-state index contributed by atoms with van der Waals surface area (Å²) in [5.74, 6) is 0.872. The van der Waals surface area contributed by atoms with E-state index < -0.39 is 0 Å². The van der Waals surface area contributed by atoms with Crippen LogP contribution in [0.25, 0.3) is 22.4 Å². The summed E-state index contributed by atoms with van der Waals surface area (Å²) in [6.07, 6.45) is 0. The minimum Gasteiger partial charge on any atom is -0.383 e. The van der Waals surface area contributed by atoms with Crippen LogP contribution in [0.5, 0.6) is 0 Å². The maximum absolute atomic E-state index is 13.3. The summed E-state index contributed by atoms with van der Waals surface area (Å²) in [7, 11) is 0. The van der Waals surface area contributed by atoms with Crippen molar-refractivity contribution in [2.45, 2.75) is 0 Å². The number of anilines is 3. The monoisotopic (exact) mass is 354 g/mol. The fourth-order valence-electron chi connectivity index (χ4n) is 2.48. The van der Waals surface area contributed by atoms with E-state index in [1.807, 2.05) is 12.1 Å². The lowest BCUT2D eigenvalue weighted by atomic mass is 10.2. The van der Waals surface area contributed by atoms with Gasteiger partial charge in [-0.3, -0.25) is 5.10 Å². The number of rotatable bonds is 3. The molecular formula is C17H12ClFN6. The lowest BCUT2D eigenvalue weighted by Gasteiger charge is -2.06. The van der Waals surface area contributed by atoms with Crippen molar-refractivity contribution in [3.63, 3.8) is 0 Å². The van der Waals surface area contributed by atoms with Crippen molar-refractivity contribution >= 4 is 40.0 Å². The second-order valence-electron chi connectivity index (χ2n) is 5.37. The van der Waals surface area contributed by atoms with E-state index in [0.29, 0.717) is 33.4 Å². The van der Waals surface area contributed by atoms with Crippen LogP contribution in [-0.2, 0) is 0 Å². The Morgan fingerprint density at radius 1 is 1.08 bits per heavy atom. The van der Waals surface area contributed by atoms with E-state index in [1.54, 1.807) is 24.3 Å². The summed E-state index contributed by atoms with van der Waals surface area (Å²) in [6.45, 7) is 0. The highest BCUT2D eigenvalue weighted by atomic mass is 35.5. The van der Waals surface area contributed by atoms with E-state index in [9.17, 15) is 4.39 Å². The van der Waals surface area contributed by atoms with Crippen LogP contribution in [0.15, 0.2) is 48.5 Å². The Morgan fingerprint density at radius 2 is 1.88 bits per heavy atom. The number of hydrogen-bond acceptors (Lipinski definition) is 5. The van der Waals surface area contributed by atoms with Crippen molar-refractivity contribution in [3.05, 3.63) is 59.4 Å². The molecule has 25 heavy (non-hydrogen) atoms. The molecule has 0 bridgehead atoms. The summed E-state index contributed by atoms with van der Waals surface area (Å²) >= 11 is 5.90. The Labute approximate surface area is 146 Å². The van der Waals surface area contributed by atoms with E-state index >= 15 is 0 Å². The fourth-order valence-corrected chi connectivity index (χ4v) is 2.61. The highest BCUT2D eigenvalue weighted by molar-refractivity contribution is 6.30. The second kappa shape index (κ2) is 6.03. The number of H-pyrrole nitrogens is 1. The third kappa shape index (κ3) is 2.97. The Bertz CT molecular complexity index is 1060. The zero-order valence-electron chi connectivity index (χ0n) is 12.8. The van der Waals surface area contributed by atoms with Crippen molar-refractivity contribution in [1.29, 1.82) is 0 Å². The van der Waals surface area contributed by atoms with Gasteiger partial charge < -0.3 is 11.1 Å². The number of nitrogens with one attached hydrogen (secondary N) is 2. The third-order valence-electron chi connectivity index (χ3n) is 3.64. The van der Waals surface area contributed by atoms with Gasteiger partial charge in [0.1, 0.15) is 22.8 Å². The number of nitrogens with two attached hydrogens (primary N) is 1. The predicted molar refractivity (Wildman–Crippen MR) is 96.2 cm³/mol. The van der Waals surface area contributed by atoms with Gasteiger partial charge in [-0.1, -0.05) is 17.7 Å². The van der Waals surface area contributed by atoms with Gasteiger partial charge in [-0.2, -0.15) is 5.10 Å². The largest absolute Gasteiger partial charge is 0.383 e. The summed E-state index contributed by atoms with van der Waals surface area (Å²) < 4.78 is 13.3. The van der Waals surface area contributed by atoms with Gasteiger partial charge >= 0.3 is 0 Å². The van der Waals surface area contributed by atoms with E-state index in [1.165, 1.54) is 12.1 Å². The smallest absolute Gasteiger partial charge is 0.188 e. The molecule has 0 fully saturated rings. The van der Waals surface area contributed by atoms with Gasteiger partial charge in [0.05, 0.1) is 0 Å². The quantitative estimate of drug-likeness (QED) is 0.514. The molecule has 0 amide bonds. The maximum Gasteiger partial charge on any atom is 0.188 e. The number of nitrogen functional groups attached to an aromatic ring is 1. The van der Waals surface area contributed by atoms with Crippen molar-refractivity contribution < 1.29 is 4.39 Å². The molecule has 4 rings (SSSR count). The van der Waals surface area contributed by atoms with Crippen LogP contribution in [0.4, 0.5) is 21.7 Å². The van der Waals surface area contributed by atoms with Gasteiger partial charge in [0, 0.05) is 16.3 Å².